The number of hydrogen-bond acceptors (Lipinski definition) is 7. The zero-order chi connectivity index (χ0) is 22.4. The first-order valence-corrected chi connectivity index (χ1v) is 11.7. The summed E-state index contributed by atoms with van der Waals surface area (Å²) in [6, 6.07) is 6.60. The van der Waals surface area contributed by atoms with E-state index in [0.717, 1.165) is 73.4 Å². The molecular formula is C24H27N7O2. The Morgan fingerprint density at radius 1 is 1.09 bits per heavy atom. The van der Waals surface area contributed by atoms with Crippen molar-refractivity contribution in [3.63, 3.8) is 0 Å². The first kappa shape index (κ1) is 20.3. The van der Waals surface area contributed by atoms with E-state index in [1.807, 2.05) is 22.0 Å². The van der Waals surface area contributed by atoms with Crippen molar-refractivity contribution < 1.29 is 9.53 Å². The Balaban J connectivity index is 1.44. The van der Waals surface area contributed by atoms with Crippen LogP contribution in [0, 0.1) is 0 Å². The molecule has 5 heterocycles. The van der Waals surface area contributed by atoms with Crippen LogP contribution in [-0.2, 0) is 16.0 Å². The highest BCUT2D eigenvalue weighted by atomic mass is 16.5. The molecule has 0 bridgehead atoms. The van der Waals surface area contributed by atoms with E-state index in [1.54, 1.807) is 6.92 Å². The lowest BCUT2D eigenvalue weighted by molar-refractivity contribution is -0.130. The second-order valence-corrected chi connectivity index (χ2v) is 8.89. The Morgan fingerprint density at radius 2 is 1.91 bits per heavy atom. The van der Waals surface area contributed by atoms with Gasteiger partial charge < -0.3 is 14.5 Å². The van der Waals surface area contributed by atoms with Crippen molar-refractivity contribution in [3.8, 4) is 11.3 Å². The molecule has 0 atom stereocenters. The highest BCUT2D eigenvalue weighted by Crippen LogP contribution is 2.35. The van der Waals surface area contributed by atoms with Crippen molar-refractivity contribution in [1.29, 1.82) is 0 Å². The van der Waals surface area contributed by atoms with Crippen LogP contribution in [0.1, 0.15) is 31.4 Å². The number of anilines is 1. The number of morpholine rings is 1. The molecule has 2 saturated heterocycles. The summed E-state index contributed by atoms with van der Waals surface area (Å²) in [5.74, 6) is 0.852. The maximum Gasteiger partial charge on any atom is 0.228 e. The summed E-state index contributed by atoms with van der Waals surface area (Å²) in [5, 5.41) is 5.72. The molecule has 3 aromatic rings. The number of carbonyl (C=O) groups excluding carboxylic acids is 1. The normalized spacial score (nSPS) is 18.8. The van der Waals surface area contributed by atoms with Gasteiger partial charge >= 0.3 is 0 Å². The Kier molecular flexibility index (Phi) is 5.05. The van der Waals surface area contributed by atoms with E-state index in [1.165, 1.54) is 5.56 Å². The van der Waals surface area contributed by atoms with Gasteiger partial charge in [0.05, 0.1) is 42.2 Å². The minimum absolute atomic E-state index is 0.136. The monoisotopic (exact) mass is 445 g/mol. The topological polar surface area (TPSA) is 88.7 Å². The molecule has 33 heavy (non-hydrogen) atoms. The van der Waals surface area contributed by atoms with E-state index < -0.39 is 0 Å². The van der Waals surface area contributed by atoms with Crippen LogP contribution in [-0.4, -0.2) is 76.2 Å². The molecule has 2 fully saturated rings. The molecular weight excluding hydrogens is 418 g/mol. The lowest BCUT2D eigenvalue weighted by Gasteiger charge is -2.31. The van der Waals surface area contributed by atoms with Crippen LogP contribution in [0.4, 0.5) is 11.6 Å². The molecule has 1 amide bonds. The van der Waals surface area contributed by atoms with E-state index in [9.17, 15) is 4.79 Å². The molecule has 2 aromatic heterocycles. The average Bonchev–Trinajstić information content (AvgIpc) is 3.50. The van der Waals surface area contributed by atoms with E-state index in [-0.39, 0.29) is 11.9 Å². The van der Waals surface area contributed by atoms with Gasteiger partial charge in [0.2, 0.25) is 11.9 Å². The van der Waals surface area contributed by atoms with E-state index in [0.29, 0.717) is 19.2 Å². The van der Waals surface area contributed by atoms with Gasteiger partial charge in [0.1, 0.15) is 0 Å². The standard InChI is InChI=1S/C24H27N7O2/c1-16(32)29-8-5-19(6-9-29)31-23-20(15-26-31)22(18-3-2-17-4-7-25-21(17)14-18)27-24(28-23)30-10-12-33-13-11-30/h2-3,7,14-15,19H,4-6,8-13H2,1H3. The summed E-state index contributed by atoms with van der Waals surface area (Å²) >= 11 is 0. The summed E-state index contributed by atoms with van der Waals surface area (Å²) < 4.78 is 7.59. The SMILES string of the molecule is CC(=O)N1CCC(n2ncc3c(-c4ccc5c(c4)N=CC5)nc(N4CCOCC4)nc32)CC1. The van der Waals surface area contributed by atoms with Gasteiger partial charge in [-0.25, -0.2) is 9.67 Å². The quantitative estimate of drug-likeness (QED) is 0.616. The van der Waals surface area contributed by atoms with Crippen molar-refractivity contribution in [2.45, 2.75) is 32.2 Å². The smallest absolute Gasteiger partial charge is 0.228 e. The maximum atomic E-state index is 11.8. The third-order valence-electron chi connectivity index (χ3n) is 6.89. The van der Waals surface area contributed by atoms with Gasteiger partial charge in [0.15, 0.2) is 5.65 Å². The molecule has 9 heteroatoms. The number of hydrogen-bond donors (Lipinski definition) is 0. The number of aliphatic imine (C=N–C) groups is 1. The van der Waals surface area contributed by atoms with Gasteiger partial charge in [0.25, 0.3) is 0 Å². The minimum Gasteiger partial charge on any atom is -0.378 e. The number of aromatic nitrogens is 4. The zero-order valence-electron chi connectivity index (χ0n) is 18.8. The number of rotatable bonds is 3. The fourth-order valence-corrected chi connectivity index (χ4v) is 4.98. The van der Waals surface area contributed by atoms with Crippen LogP contribution in [0.5, 0.6) is 0 Å². The highest BCUT2D eigenvalue weighted by molar-refractivity contribution is 5.92. The summed E-state index contributed by atoms with van der Waals surface area (Å²) in [5.41, 5.74) is 5.02. The molecule has 0 saturated carbocycles. The number of amides is 1. The Labute approximate surface area is 192 Å². The molecule has 0 aliphatic carbocycles. The number of benzene rings is 1. The summed E-state index contributed by atoms with van der Waals surface area (Å²) in [4.78, 5) is 30.4. The number of nitrogens with zero attached hydrogens (tertiary/aromatic N) is 7. The molecule has 1 aromatic carbocycles. The average molecular weight is 446 g/mol. The molecule has 6 rings (SSSR count). The Hall–Kier alpha value is -3.33. The first-order chi connectivity index (χ1) is 16.2. The number of piperidine rings is 1. The summed E-state index contributed by atoms with van der Waals surface area (Å²) in [7, 11) is 0. The van der Waals surface area contributed by atoms with Crippen molar-refractivity contribution in [1.82, 2.24) is 24.6 Å². The molecule has 0 spiro atoms. The third-order valence-corrected chi connectivity index (χ3v) is 6.89. The fourth-order valence-electron chi connectivity index (χ4n) is 4.98. The van der Waals surface area contributed by atoms with Crippen LogP contribution < -0.4 is 4.90 Å². The van der Waals surface area contributed by atoms with Gasteiger partial charge in [-0.3, -0.25) is 9.79 Å². The molecule has 0 unspecified atom stereocenters. The Bertz CT molecular complexity index is 1240. The number of ether oxygens (including phenoxy) is 1. The van der Waals surface area contributed by atoms with Crippen LogP contribution in [0.25, 0.3) is 22.3 Å². The minimum atomic E-state index is 0.136. The van der Waals surface area contributed by atoms with Crippen LogP contribution >= 0.6 is 0 Å². The predicted molar refractivity (Wildman–Crippen MR) is 126 cm³/mol. The number of likely N-dealkylation sites (tertiary alicyclic amines) is 1. The van der Waals surface area contributed by atoms with E-state index in [4.69, 9.17) is 19.8 Å². The second kappa shape index (κ2) is 8.22. The van der Waals surface area contributed by atoms with Crippen LogP contribution in [0.2, 0.25) is 0 Å². The molecule has 170 valence electrons. The first-order valence-electron chi connectivity index (χ1n) is 11.7. The molecule has 0 radical (unpaired) electrons. The lowest BCUT2D eigenvalue weighted by atomic mass is 10.0. The van der Waals surface area contributed by atoms with Gasteiger partial charge in [-0.1, -0.05) is 12.1 Å². The van der Waals surface area contributed by atoms with Crippen molar-refractivity contribution in [3.05, 3.63) is 30.0 Å². The predicted octanol–water partition coefficient (Wildman–Crippen LogP) is 2.77. The van der Waals surface area contributed by atoms with Crippen LogP contribution in [0.15, 0.2) is 29.4 Å². The number of fused-ring (bicyclic) bond motifs is 2. The van der Waals surface area contributed by atoms with E-state index >= 15 is 0 Å². The number of carbonyl (C=O) groups is 1. The largest absolute Gasteiger partial charge is 0.378 e. The summed E-state index contributed by atoms with van der Waals surface area (Å²) in [6.45, 7) is 6.02. The van der Waals surface area contributed by atoms with Gasteiger partial charge in [-0.15, -0.1) is 0 Å². The Morgan fingerprint density at radius 3 is 2.70 bits per heavy atom. The van der Waals surface area contributed by atoms with Gasteiger partial charge in [-0.2, -0.15) is 10.1 Å². The zero-order valence-corrected chi connectivity index (χ0v) is 18.8. The third kappa shape index (κ3) is 3.66. The van der Waals surface area contributed by atoms with Gasteiger partial charge in [0, 0.05) is 51.3 Å². The van der Waals surface area contributed by atoms with E-state index in [2.05, 4.69) is 28.1 Å². The lowest BCUT2D eigenvalue weighted by Crippen LogP contribution is -2.38. The fraction of sp³-hybridized carbons (Fsp3) is 0.458. The van der Waals surface area contributed by atoms with Crippen molar-refractivity contribution in [2.24, 2.45) is 4.99 Å². The second-order valence-electron chi connectivity index (χ2n) is 8.89. The molecule has 0 N–H and O–H groups in total. The highest BCUT2D eigenvalue weighted by Gasteiger charge is 2.26. The van der Waals surface area contributed by atoms with Crippen molar-refractivity contribution in [2.75, 3.05) is 44.3 Å². The van der Waals surface area contributed by atoms with Gasteiger partial charge in [-0.05, 0) is 24.5 Å². The molecule has 3 aliphatic rings. The molecule has 3 aliphatic heterocycles. The summed E-state index contributed by atoms with van der Waals surface area (Å²) in [6.07, 6.45) is 6.47. The van der Waals surface area contributed by atoms with Crippen LogP contribution in [0.3, 0.4) is 0 Å². The maximum absolute atomic E-state index is 11.8. The molecule has 9 nitrogen and oxygen atoms in total. The van der Waals surface area contributed by atoms with Crippen molar-refractivity contribution >= 4 is 34.8 Å².